The number of carbonyl (C=O) groups excluding carboxylic acids is 1. The molecule has 1 amide bonds. The van der Waals surface area contributed by atoms with Crippen molar-refractivity contribution < 1.29 is 4.79 Å². The molecule has 2 aromatic heterocycles. The van der Waals surface area contributed by atoms with Crippen LogP contribution in [0, 0.1) is 5.41 Å². The van der Waals surface area contributed by atoms with E-state index in [1.165, 1.54) is 24.2 Å². The zero-order valence-electron chi connectivity index (χ0n) is 14.4. The maximum atomic E-state index is 13.0. The van der Waals surface area contributed by atoms with Gasteiger partial charge < -0.3 is 10.6 Å². The number of hydrogen-bond donors (Lipinski definition) is 1. The molecule has 2 N–H and O–H groups in total. The molecule has 2 fully saturated rings. The molecule has 2 aliphatic rings. The Bertz CT molecular complexity index is 984. The van der Waals surface area contributed by atoms with Crippen molar-refractivity contribution in [2.75, 3.05) is 18.8 Å². The Labute approximate surface area is 155 Å². The number of hydrogen-bond acceptors (Lipinski definition) is 5. The lowest BCUT2D eigenvalue weighted by Gasteiger charge is -2.31. The first-order valence-corrected chi connectivity index (χ1v) is 9.87. The summed E-state index contributed by atoms with van der Waals surface area (Å²) in [7, 11) is 0. The van der Waals surface area contributed by atoms with Crippen LogP contribution in [-0.2, 0) is 0 Å². The van der Waals surface area contributed by atoms with E-state index in [0.29, 0.717) is 21.5 Å². The number of rotatable bonds is 2. The zero-order chi connectivity index (χ0) is 17.7. The summed E-state index contributed by atoms with van der Waals surface area (Å²) in [5.74, 6) is 0.0315. The quantitative estimate of drug-likeness (QED) is 0.747. The topological polar surface area (TPSA) is 72.1 Å². The van der Waals surface area contributed by atoms with E-state index in [9.17, 15) is 4.79 Å². The van der Waals surface area contributed by atoms with E-state index in [1.807, 2.05) is 35.2 Å². The van der Waals surface area contributed by atoms with Gasteiger partial charge in [-0.1, -0.05) is 30.3 Å². The molecule has 1 spiro atoms. The molecule has 0 radical (unpaired) electrons. The van der Waals surface area contributed by atoms with Crippen LogP contribution in [0.3, 0.4) is 0 Å². The van der Waals surface area contributed by atoms with Crippen LogP contribution >= 0.6 is 11.3 Å². The highest BCUT2D eigenvalue weighted by atomic mass is 32.1. The molecular formula is C20H20N4OS. The Morgan fingerprint density at radius 1 is 1.12 bits per heavy atom. The smallest absolute Gasteiger partial charge is 0.266 e. The second kappa shape index (κ2) is 5.77. The Hall–Kier alpha value is -2.47. The number of anilines is 1. The van der Waals surface area contributed by atoms with Crippen molar-refractivity contribution in [3.8, 4) is 11.3 Å². The van der Waals surface area contributed by atoms with Crippen LogP contribution in [0.5, 0.6) is 0 Å². The molecule has 0 unspecified atom stereocenters. The third-order valence-electron chi connectivity index (χ3n) is 5.77. The zero-order valence-corrected chi connectivity index (χ0v) is 15.3. The van der Waals surface area contributed by atoms with E-state index in [4.69, 9.17) is 10.7 Å². The third-order valence-corrected chi connectivity index (χ3v) is 6.85. The van der Waals surface area contributed by atoms with Gasteiger partial charge in [-0.3, -0.25) is 4.79 Å². The van der Waals surface area contributed by atoms with Gasteiger partial charge in [0.05, 0.1) is 17.6 Å². The first kappa shape index (κ1) is 15.8. The number of amides is 1. The SMILES string of the molecule is Nc1c(C(=O)N2CCC3(CC2)CC3)sc2nc(-c3ccccc3)cnc12. The number of likely N-dealkylation sites (tertiary alicyclic amines) is 1. The monoisotopic (exact) mass is 364 g/mol. The fourth-order valence-electron chi connectivity index (χ4n) is 3.80. The maximum absolute atomic E-state index is 13.0. The number of nitrogen functional groups attached to an aromatic ring is 1. The summed E-state index contributed by atoms with van der Waals surface area (Å²) in [4.78, 5) is 25.4. The van der Waals surface area contributed by atoms with Crippen molar-refractivity contribution in [3.63, 3.8) is 0 Å². The molecule has 6 heteroatoms. The minimum Gasteiger partial charge on any atom is -0.396 e. The number of carbonyl (C=O) groups is 1. The predicted octanol–water partition coefficient (Wildman–Crippen LogP) is 3.96. The summed E-state index contributed by atoms with van der Waals surface area (Å²) in [5, 5.41) is 0. The van der Waals surface area contributed by atoms with Crippen molar-refractivity contribution in [2.24, 2.45) is 5.41 Å². The van der Waals surface area contributed by atoms with Gasteiger partial charge in [-0.25, -0.2) is 9.97 Å². The summed E-state index contributed by atoms with van der Waals surface area (Å²) in [5.41, 5.74) is 9.72. The number of benzene rings is 1. The highest BCUT2D eigenvalue weighted by Crippen LogP contribution is 2.53. The molecule has 1 aliphatic heterocycles. The van der Waals surface area contributed by atoms with E-state index in [-0.39, 0.29) is 5.91 Å². The Balaban J connectivity index is 1.46. The molecule has 3 heterocycles. The molecule has 1 aliphatic carbocycles. The second-order valence-corrected chi connectivity index (χ2v) is 8.41. The molecule has 1 saturated heterocycles. The fourth-order valence-corrected chi connectivity index (χ4v) is 4.82. The van der Waals surface area contributed by atoms with Gasteiger partial charge in [-0.2, -0.15) is 0 Å². The van der Waals surface area contributed by atoms with Gasteiger partial charge in [-0.15, -0.1) is 11.3 Å². The summed E-state index contributed by atoms with van der Waals surface area (Å²) in [6.07, 6.45) is 6.63. The van der Waals surface area contributed by atoms with Gasteiger partial charge in [0.15, 0.2) is 0 Å². The van der Waals surface area contributed by atoms with E-state index in [0.717, 1.165) is 42.0 Å². The molecular weight excluding hydrogens is 344 g/mol. The van der Waals surface area contributed by atoms with E-state index in [2.05, 4.69) is 4.98 Å². The molecule has 132 valence electrons. The molecule has 5 rings (SSSR count). The lowest BCUT2D eigenvalue weighted by Crippen LogP contribution is -2.38. The van der Waals surface area contributed by atoms with Gasteiger partial charge in [0.2, 0.25) is 0 Å². The molecule has 1 aromatic carbocycles. The van der Waals surface area contributed by atoms with E-state index >= 15 is 0 Å². The molecule has 5 nitrogen and oxygen atoms in total. The van der Waals surface area contributed by atoms with Crippen molar-refractivity contribution in [2.45, 2.75) is 25.7 Å². The number of thiophene rings is 1. The van der Waals surface area contributed by atoms with Gasteiger partial charge in [0.25, 0.3) is 5.91 Å². The second-order valence-electron chi connectivity index (χ2n) is 7.41. The van der Waals surface area contributed by atoms with Crippen LogP contribution in [0.25, 0.3) is 21.6 Å². The average Bonchev–Trinajstić information content (AvgIpc) is 3.36. The van der Waals surface area contributed by atoms with Crippen LogP contribution in [0.1, 0.15) is 35.4 Å². The Kier molecular flexibility index (Phi) is 3.50. The summed E-state index contributed by atoms with van der Waals surface area (Å²) < 4.78 is 0. The highest BCUT2D eigenvalue weighted by Gasteiger charge is 2.45. The highest BCUT2D eigenvalue weighted by molar-refractivity contribution is 7.21. The largest absolute Gasteiger partial charge is 0.396 e. The first-order chi connectivity index (χ1) is 12.7. The van der Waals surface area contributed by atoms with Gasteiger partial charge in [0, 0.05) is 18.7 Å². The van der Waals surface area contributed by atoms with Crippen LogP contribution < -0.4 is 5.73 Å². The molecule has 0 atom stereocenters. The van der Waals surface area contributed by atoms with Crippen molar-refractivity contribution in [1.82, 2.24) is 14.9 Å². The van der Waals surface area contributed by atoms with Crippen LogP contribution in [-0.4, -0.2) is 33.9 Å². The predicted molar refractivity (Wildman–Crippen MR) is 104 cm³/mol. The van der Waals surface area contributed by atoms with Crippen molar-refractivity contribution in [3.05, 3.63) is 41.4 Å². The summed E-state index contributed by atoms with van der Waals surface area (Å²) >= 11 is 1.36. The lowest BCUT2D eigenvalue weighted by atomic mass is 9.93. The van der Waals surface area contributed by atoms with E-state index in [1.54, 1.807) is 6.20 Å². The van der Waals surface area contributed by atoms with Crippen molar-refractivity contribution in [1.29, 1.82) is 0 Å². The minimum atomic E-state index is 0.0315. The molecule has 26 heavy (non-hydrogen) atoms. The van der Waals surface area contributed by atoms with Gasteiger partial charge in [0.1, 0.15) is 15.2 Å². The lowest BCUT2D eigenvalue weighted by molar-refractivity contribution is 0.0684. The van der Waals surface area contributed by atoms with Gasteiger partial charge >= 0.3 is 0 Å². The van der Waals surface area contributed by atoms with Crippen LogP contribution in [0.4, 0.5) is 5.69 Å². The number of fused-ring (bicyclic) bond motifs is 1. The molecule has 1 saturated carbocycles. The molecule has 3 aromatic rings. The maximum Gasteiger partial charge on any atom is 0.266 e. The normalized spacial score (nSPS) is 18.4. The number of nitrogens with zero attached hydrogens (tertiary/aromatic N) is 3. The minimum absolute atomic E-state index is 0.0315. The standard InChI is InChI=1S/C20H20N4OS/c21-15-16-18(23-14(12-22-16)13-4-2-1-3-5-13)26-17(15)19(25)24-10-8-20(6-7-20)9-11-24/h1-5,12H,6-11,21H2. The fraction of sp³-hybridized carbons (Fsp3) is 0.350. The molecule has 0 bridgehead atoms. The number of nitrogens with two attached hydrogens (primary N) is 1. The van der Waals surface area contributed by atoms with Crippen LogP contribution in [0.15, 0.2) is 36.5 Å². The summed E-state index contributed by atoms with van der Waals surface area (Å²) in [6.45, 7) is 1.67. The Morgan fingerprint density at radius 3 is 2.54 bits per heavy atom. The number of aromatic nitrogens is 2. The van der Waals surface area contributed by atoms with Gasteiger partial charge in [-0.05, 0) is 31.1 Å². The Morgan fingerprint density at radius 2 is 1.85 bits per heavy atom. The van der Waals surface area contributed by atoms with E-state index < -0.39 is 0 Å². The third kappa shape index (κ3) is 2.56. The van der Waals surface area contributed by atoms with Crippen molar-refractivity contribution >= 4 is 33.3 Å². The average molecular weight is 364 g/mol. The summed E-state index contributed by atoms with van der Waals surface area (Å²) in [6, 6.07) is 9.92. The van der Waals surface area contributed by atoms with Crippen LogP contribution in [0.2, 0.25) is 0 Å². The first-order valence-electron chi connectivity index (χ1n) is 9.05. The number of piperidine rings is 1.